The normalized spacial score (nSPS) is 21.6. The Kier molecular flexibility index (Phi) is 7.23. The van der Waals surface area contributed by atoms with Gasteiger partial charge in [-0.3, -0.25) is 4.90 Å². The third-order valence-corrected chi connectivity index (χ3v) is 3.77. The second-order valence-electron chi connectivity index (χ2n) is 5.02. The second-order valence-corrected chi connectivity index (χ2v) is 5.02. The van der Waals surface area contributed by atoms with E-state index in [-0.39, 0.29) is 0 Å². The molecule has 0 aromatic rings. The summed E-state index contributed by atoms with van der Waals surface area (Å²) in [5.74, 6) is 0. The van der Waals surface area contributed by atoms with Gasteiger partial charge in [0.2, 0.25) is 0 Å². The molecule has 1 aliphatic rings. The molecule has 1 unspecified atom stereocenters. The van der Waals surface area contributed by atoms with Crippen molar-refractivity contribution in [1.82, 2.24) is 9.80 Å². The van der Waals surface area contributed by atoms with Gasteiger partial charge in [0.15, 0.2) is 0 Å². The fourth-order valence-corrected chi connectivity index (χ4v) is 2.62. The monoisotopic (exact) mass is 237 g/mol. The van der Waals surface area contributed by atoms with Crippen molar-refractivity contribution in [3.8, 4) is 6.07 Å². The number of hydrogen-bond donors (Lipinski definition) is 0. The molecule has 1 rings (SSSR count). The van der Waals surface area contributed by atoms with Crippen LogP contribution >= 0.6 is 0 Å². The van der Waals surface area contributed by atoms with Gasteiger partial charge in [-0.2, -0.15) is 5.26 Å². The smallest absolute Gasteiger partial charge is 0.0868 e. The zero-order valence-electron chi connectivity index (χ0n) is 11.5. The van der Waals surface area contributed by atoms with Crippen molar-refractivity contribution in [3.05, 3.63) is 0 Å². The van der Waals surface area contributed by atoms with Crippen molar-refractivity contribution in [3.63, 3.8) is 0 Å². The predicted molar refractivity (Wildman–Crippen MR) is 71.8 cm³/mol. The summed E-state index contributed by atoms with van der Waals surface area (Å²) in [5.41, 5.74) is 0. The van der Waals surface area contributed by atoms with Crippen LogP contribution < -0.4 is 0 Å². The zero-order valence-corrected chi connectivity index (χ0v) is 11.5. The highest BCUT2D eigenvalue weighted by Crippen LogP contribution is 2.17. The molecule has 0 N–H and O–H groups in total. The number of nitriles is 1. The van der Waals surface area contributed by atoms with Gasteiger partial charge in [0.1, 0.15) is 0 Å². The number of piperidine rings is 1. The van der Waals surface area contributed by atoms with Crippen molar-refractivity contribution in [2.45, 2.75) is 52.0 Å². The molecular weight excluding hydrogens is 210 g/mol. The van der Waals surface area contributed by atoms with Crippen LogP contribution in [0.15, 0.2) is 0 Å². The second kappa shape index (κ2) is 8.49. The van der Waals surface area contributed by atoms with E-state index in [4.69, 9.17) is 5.26 Å². The molecule has 1 aliphatic heterocycles. The van der Waals surface area contributed by atoms with E-state index in [1.54, 1.807) is 0 Å². The van der Waals surface area contributed by atoms with E-state index < -0.39 is 0 Å². The predicted octanol–water partition coefficient (Wildman–Crippen LogP) is 2.49. The van der Waals surface area contributed by atoms with Gasteiger partial charge in [-0.15, -0.1) is 0 Å². The first-order valence-electron chi connectivity index (χ1n) is 7.15. The summed E-state index contributed by atoms with van der Waals surface area (Å²) in [5, 5.41) is 8.86. The summed E-state index contributed by atoms with van der Waals surface area (Å²) in [7, 11) is 0. The lowest BCUT2D eigenvalue weighted by atomic mass is 10.0. The molecule has 0 aliphatic carbocycles. The van der Waals surface area contributed by atoms with Crippen molar-refractivity contribution in [2.24, 2.45) is 0 Å². The van der Waals surface area contributed by atoms with Crippen molar-refractivity contribution < 1.29 is 0 Å². The first-order valence-corrected chi connectivity index (χ1v) is 7.15. The van der Waals surface area contributed by atoms with E-state index in [9.17, 15) is 0 Å². The van der Waals surface area contributed by atoms with Gasteiger partial charge in [0.05, 0.1) is 12.6 Å². The van der Waals surface area contributed by atoms with Crippen LogP contribution in [0.25, 0.3) is 0 Å². The molecule has 17 heavy (non-hydrogen) atoms. The summed E-state index contributed by atoms with van der Waals surface area (Å²) in [6, 6.07) is 2.92. The van der Waals surface area contributed by atoms with Gasteiger partial charge in [-0.1, -0.05) is 26.7 Å². The van der Waals surface area contributed by atoms with Gasteiger partial charge in [-0.25, -0.2) is 0 Å². The van der Waals surface area contributed by atoms with Gasteiger partial charge >= 0.3 is 0 Å². The molecule has 98 valence electrons. The minimum Gasteiger partial charge on any atom is -0.302 e. The fourth-order valence-electron chi connectivity index (χ4n) is 2.62. The molecule has 0 aromatic carbocycles. The molecule has 0 bridgehead atoms. The molecule has 1 heterocycles. The highest BCUT2D eigenvalue weighted by molar-refractivity contribution is 4.86. The standard InChI is InChI=1S/C14H27N3/c1-3-5-10-16(4-2)13-14-8-6-7-11-17(14)12-9-15/h14H,3-8,10-13H2,1-2H3. The Morgan fingerprint density at radius 3 is 2.82 bits per heavy atom. The number of unbranched alkanes of at least 4 members (excludes halogenated alkanes) is 1. The lowest BCUT2D eigenvalue weighted by molar-refractivity contribution is 0.118. The number of hydrogen-bond acceptors (Lipinski definition) is 3. The zero-order chi connectivity index (χ0) is 12.5. The number of nitrogens with zero attached hydrogens (tertiary/aromatic N) is 3. The largest absolute Gasteiger partial charge is 0.302 e. The lowest BCUT2D eigenvalue weighted by Gasteiger charge is -2.37. The average Bonchev–Trinajstić information content (AvgIpc) is 2.36. The molecule has 0 aromatic heterocycles. The number of likely N-dealkylation sites (N-methyl/N-ethyl adjacent to an activating group) is 1. The Bertz CT molecular complexity index is 234. The third kappa shape index (κ3) is 5.06. The van der Waals surface area contributed by atoms with Crippen LogP contribution in [0.2, 0.25) is 0 Å². The number of likely N-dealkylation sites (tertiary alicyclic amines) is 1. The van der Waals surface area contributed by atoms with E-state index in [0.29, 0.717) is 12.6 Å². The van der Waals surface area contributed by atoms with Gasteiger partial charge in [0, 0.05) is 12.6 Å². The van der Waals surface area contributed by atoms with Crippen LogP contribution in [-0.4, -0.2) is 48.6 Å². The minimum atomic E-state index is 0.607. The van der Waals surface area contributed by atoms with Crippen LogP contribution in [0.1, 0.15) is 46.0 Å². The van der Waals surface area contributed by atoms with E-state index in [1.165, 1.54) is 38.6 Å². The Labute approximate surface area is 106 Å². The summed E-state index contributed by atoms with van der Waals surface area (Å²) in [6.07, 6.45) is 6.42. The molecule has 1 fully saturated rings. The maximum Gasteiger partial charge on any atom is 0.0868 e. The van der Waals surface area contributed by atoms with Crippen molar-refractivity contribution in [2.75, 3.05) is 32.7 Å². The van der Waals surface area contributed by atoms with Crippen LogP contribution in [0, 0.1) is 11.3 Å². The molecule has 3 nitrogen and oxygen atoms in total. The topological polar surface area (TPSA) is 30.3 Å². The van der Waals surface area contributed by atoms with E-state index in [1.807, 2.05) is 0 Å². The van der Waals surface area contributed by atoms with E-state index in [0.717, 1.165) is 19.6 Å². The summed E-state index contributed by atoms with van der Waals surface area (Å²) in [4.78, 5) is 4.92. The average molecular weight is 237 g/mol. The third-order valence-electron chi connectivity index (χ3n) is 3.77. The van der Waals surface area contributed by atoms with Crippen LogP contribution in [-0.2, 0) is 0 Å². The fraction of sp³-hybridized carbons (Fsp3) is 0.929. The highest BCUT2D eigenvalue weighted by atomic mass is 15.2. The molecule has 0 spiro atoms. The molecule has 3 heteroatoms. The first-order chi connectivity index (χ1) is 8.31. The quantitative estimate of drug-likeness (QED) is 0.637. The summed E-state index contributed by atoms with van der Waals surface area (Å²) in [6.45, 7) is 9.71. The maximum absolute atomic E-state index is 8.86. The maximum atomic E-state index is 8.86. The van der Waals surface area contributed by atoms with Gasteiger partial charge in [0.25, 0.3) is 0 Å². The summed E-state index contributed by atoms with van der Waals surface area (Å²) >= 11 is 0. The Hall–Kier alpha value is -0.590. The minimum absolute atomic E-state index is 0.607. The van der Waals surface area contributed by atoms with E-state index in [2.05, 4.69) is 29.7 Å². The molecular formula is C14H27N3. The molecule has 0 amide bonds. The van der Waals surface area contributed by atoms with Crippen LogP contribution in [0.4, 0.5) is 0 Å². The Morgan fingerprint density at radius 1 is 1.35 bits per heavy atom. The first kappa shape index (κ1) is 14.5. The molecule has 0 radical (unpaired) electrons. The van der Waals surface area contributed by atoms with Crippen molar-refractivity contribution in [1.29, 1.82) is 5.26 Å². The van der Waals surface area contributed by atoms with Gasteiger partial charge < -0.3 is 4.90 Å². The summed E-state index contributed by atoms with van der Waals surface area (Å²) < 4.78 is 0. The van der Waals surface area contributed by atoms with Crippen LogP contribution in [0.3, 0.4) is 0 Å². The highest BCUT2D eigenvalue weighted by Gasteiger charge is 2.23. The number of rotatable bonds is 7. The van der Waals surface area contributed by atoms with E-state index >= 15 is 0 Å². The van der Waals surface area contributed by atoms with Crippen molar-refractivity contribution >= 4 is 0 Å². The molecule has 1 saturated heterocycles. The van der Waals surface area contributed by atoms with Gasteiger partial charge in [-0.05, 0) is 38.9 Å². The molecule has 1 atom stereocenters. The Morgan fingerprint density at radius 2 is 2.18 bits per heavy atom. The SMILES string of the molecule is CCCCN(CC)CC1CCCCN1CC#N. The molecule has 0 saturated carbocycles. The van der Waals surface area contributed by atoms with Crippen LogP contribution in [0.5, 0.6) is 0 Å². The lowest BCUT2D eigenvalue weighted by Crippen LogP contribution is -2.47. The Balaban J connectivity index is 2.41.